The summed E-state index contributed by atoms with van der Waals surface area (Å²) in [5, 5.41) is 1.77. The van der Waals surface area contributed by atoms with Crippen LogP contribution in [0.25, 0.3) is 0 Å². The molecule has 9 heteroatoms. The van der Waals surface area contributed by atoms with Crippen LogP contribution < -0.4 is 19.7 Å². The van der Waals surface area contributed by atoms with Crippen molar-refractivity contribution in [2.75, 3.05) is 18.2 Å². The fraction of sp³-hybridized carbons (Fsp3) is 0.200. The van der Waals surface area contributed by atoms with Crippen LogP contribution in [0, 0.1) is 0 Å². The molecule has 34 heavy (non-hydrogen) atoms. The Kier molecular flexibility index (Phi) is 5.70. The van der Waals surface area contributed by atoms with E-state index in [0.717, 1.165) is 5.56 Å². The third kappa shape index (κ3) is 4.10. The number of fused-ring (bicyclic) bond motifs is 2. The van der Waals surface area contributed by atoms with Gasteiger partial charge in [0.1, 0.15) is 6.54 Å². The summed E-state index contributed by atoms with van der Waals surface area (Å²) in [6, 6.07) is 20.4. The van der Waals surface area contributed by atoms with Gasteiger partial charge in [0.25, 0.3) is 0 Å². The summed E-state index contributed by atoms with van der Waals surface area (Å²) < 4.78 is 37.7. The molecule has 174 valence electrons. The highest BCUT2D eigenvalue weighted by Crippen LogP contribution is 2.40. The minimum Gasteiger partial charge on any atom is -0.454 e. The molecular formula is C25H22N2O6S. The van der Waals surface area contributed by atoms with Crippen LogP contribution >= 0.6 is 0 Å². The van der Waals surface area contributed by atoms with E-state index in [-0.39, 0.29) is 36.9 Å². The number of sulfone groups is 1. The molecule has 0 radical (unpaired) electrons. The van der Waals surface area contributed by atoms with E-state index in [4.69, 9.17) is 9.47 Å². The summed E-state index contributed by atoms with van der Waals surface area (Å²) >= 11 is 0. The number of carbonyl (C=O) groups is 2. The van der Waals surface area contributed by atoms with E-state index >= 15 is 0 Å². The highest BCUT2D eigenvalue weighted by atomic mass is 32.2. The third-order valence-electron chi connectivity index (χ3n) is 5.90. The standard InChI is InChI=1S/C25H22N2O6S/c28-24(26-14-17-10-11-20-21(12-17)33-16-32-20)15-27-19-8-4-5-9-22(19)34(30,31)23(13-25(27)29)18-6-2-1-3-7-18/h1-12,23H,13-16H2,(H,26,28). The van der Waals surface area contributed by atoms with E-state index in [1.54, 1.807) is 60.7 Å². The minimum absolute atomic E-state index is 0.0401. The summed E-state index contributed by atoms with van der Waals surface area (Å²) in [7, 11) is -3.86. The predicted octanol–water partition coefficient (Wildman–Crippen LogP) is 2.98. The van der Waals surface area contributed by atoms with Crippen molar-refractivity contribution >= 4 is 27.3 Å². The lowest BCUT2D eigenvalue weighted by Gasteiger charge is -2.22. The molecule has 2 heterocycles. The highest BCUT2D eigenvalue weighted by molar-refractivity contribution is 7.92. The topological polar surface area (TPSA) is 102 Å². The number of benzene rings is 3. The highest BCUT2D eigenvalue weighted by Gasteiger charge is 2.39. The van der Waals surface area contributed by atoms with E-state index in [0.29, 0.717) is 17.1 Å². The molecule has 5 rings (SSSR count). The number of amides is 2. The van der Waals surface area contributed by atoms with Gasteiger partial charge in [-0.2, -0.15) is 0 Å². The van der Waals surface area contributed by atoms with Gasteiger partial charge in [0.15, 0.2) is 21.3 Å². The quantitative estimate of drug-likeness (QED) is 0.605. The van der Waals surface area contributed by atoms with Crippen molar-refractivity contribution in [2.24, 2.45) is 0 Å². The second kappa shape index (κ2) is 8.83. The molecule has 0 saturated carbocycles. The van der Waals surface area contributed by atoms with Crippen molar-refractivity contribution in [3.63, 3.8) is 0 Å². The Bertz CT molecular complexity index is 1360. The lowest BCUT2D eigenvalue weighted by Crippen LogP contribution is -2.40. The van der Waals surface area contributed by atoms with Crippen molar-refractivity contribution in [3.05, 3.63) is 83.9 Å². The van der Waals surface area contributed by atoms with Crippen molar-refractivity contribution in [3.8, 4) is 11.5 Å². The number of ether oxygens (including phenoxy) is 2. The summed E-state index contributed by atoms with van der Waals surface area (Å²) in [6.07, 6.45) is -0.254. The molecule has 8 nitrogen and oxygen atoms in total. The van der Waals surface area contributed by atoms with Crippen molar-refractivity contribution in [1.29, 1.82) is 0 Å². The number of hydrogen-bond donors (Lipinski definition) is 1. The van der Waals surface area contributed by atoms with E-state index in [2.05, 4.69) is 5.32 Å². The molecule has 2 amide bonds. The molecule has 0 bridgehead atoms. The van der Waals surface area contributed by atoms with Gasteiger partial charge in [-0.05, 0) is 35.4 Å². The Hall–Kier alpha value is -3.85. The van der Waals surface area contributed by atoms with Gasteiger partial charge in [-0.15, -0.1) is 0 Å². The van der Waals surface area contributed by atoms with Crippen LogP contribution in [0.5, 0.6) is 11.5 Å². The molecule has 3 aromatic carbocycles. The second-order valence-electron chi connectivity index (χ2n) is 8.06. The monoisotopic (exact) mass is 478 g/mol. The van der Waals surface area contributed by atoms with Crippen LogP contribution in [-0.2, 0) is 26.0 Å². The number of nitrogens with one attached hydrogen (secondary N) is 1. The summed E-state index contributed by atoms with van der Waals surface area (Å²) in [6.45, 7) is 0.0933. The van der Waals surface area contributed by atoms with E-state index < -0.39 is 26.9 Å². The van der Waals surface area contributed by atoms with Gasteiger partial charge in [0, 0.05) is 13.0 Å². The Balaban J connectivity index is 1.38. The summed E-state index contributed by atoms with van der Waals surface area (Å²) in [5.41, 5.74) is 1.57. The first kappa shape index (κ1) is 22.0. The number of para-hydroxylation sites is 1. The number of carbonyl (C=O) groups excluding carboxylic acids is 2. The average molecular weight is 479 g/mol. The van der Waals surface area contributed by atoms with Crippen LogP contribution in [-0.4, -0.2) is 33.6 Å². The van der Waals surface area contributed by atoms with Crippen LogP contribution in [0.15, 0.2) is 77.7 Å². The third-order valence-corrected chi connectivity index (χ3v) is 8.04. The van der Waals surface area contributed by atoms with Gasteiger partial charge in [0.2, 0.25) is 18.6 Å². The number of hydrogen-bond acceptors (Lipinski definition) is 6. The molecule has 1 N–H and O–H groups in total. The van der Waals surface area contributed by atoms with Gasteiger partial charge < -0.3 is 19.7 Å². The SMILES string of the molecule is O=C(CN1C(=O)CC(c2ccccc2)S(=O)(=O)c2ccccc21)NCc1ccc2c(c1)OCO2. The molecule has 3 aromatic rings. The zero-order valence-electron chi connectivity index (χ0n) is 18.1. The molecule has 0 spiro atoms. The Labute approximate surface area is 197 Å². The molecule has 2 aliphatic heterocycles. The van der Waals surface area contributed by atoms with E-state index in [1.807, 2.05) is 6.07 Å². The first-order valence-electron chi connectivity index (χ1n) is 10.8. The van der Waals surface area contributed by atoms with Crippen LogP contribution in [0.3, 0.4) is 0 Å². The van der Waals surface area contributed by atoms with E-state index in [9.17, 15) is 18.0 Å². The smallest absolute Gasteiger partial charge is 0.240 e. The molecule has 0 fully saturated rings. The summed E-state index contributed by atoms with van der Waals surface area (Å²) in [4.78, 5) is 27.3. The van der Waals surface area contributed by atoms with Crippen LogP contribution in [0.4, 0.5) is 5.69 Å². The van der Waals surface area contributed by atoms with E-state index in [1.165, 1.54) is 11.0 Å². The van der Waals surface area contributed by atoms with Crippen molar-refractivity contribution < 1.29 is 27.5 Å². The maximum atomic E-state index is 13.5. The average Bonchev–Trinajstić information content (AvgIpc) is 3.30. The van der Waals surface area contributed by atoms with Gasteiger partial charge >= 0.3 is 0 Å². The Morgan fingerprint density at radius 2 is 1.71 bits per heavy atom. The zero-order chi connectivity index (χ0) is 23.7. The maximum Gasteiger partial charge on any atom is 0.240 e. The number of rotatable bonds is 5. The normalized spacial score (nSPS) is 18.2. The fourth-order valence-electron chi connectivity index (χ4n) is 4.18. The van der Waals surface area contributed by atoms with Crippen molar-refractivity contribution in [1.82, 2.24) is 5.32 Å². The predicted molar refractivity (Wildman–Crippen MR) is 124 cm³/mol. The zero-order valence-corrected chi connectivity index (χ0v) is 19.0. The maximum absolute atomic E-state index is 13.5. The molecule has 0 aliphatic carbocycles. The molecular weight excluding hydrogens is 456 g/mol. The van der Waals surface area contributed by atoms with Crippen LogP contribution in [0.1, 0.15) is 22.8 Å². The first-order valence-corrected chi connectivity index (χ1v) is 12.3. The molecule has 0 aromatic heterocycles. The Morgan fingerprint density at radius 3 is 2.53 bits per heavy atom. The van der Waals surface area contributed by atoms with Crippen molar-refractivity contribution in [2.45, 2.75) is 23.1 Å². The largest absolute Gasteiger partial charge is 0.454 e. The Morgan fingerprint density at radius 1 is 0.971 bits per heavy atom. The molecule has 2 aliphatic rings. The molecule has 1 unspecified atom stereocenters. The lowest BCUT2D eigenvalue weighted by molar-refractivity contribution is -0.124. The summed E-state index contributed by atoms with van der Waals surface area (Å²) in [5.74, 6) is 0.425. The first-order chi connectivity index (χ1) is 16.4. The second-order valence-corrected chi connectivity index (χ2v) is 10.2. The minimum atomic E-state index is -3.86. The van der Waals surface area contributed by atoms with Crippen LogP contribution in [0.2, 0.25) is 0 Å². The molecule has 1 atom stereocenters. The number of nitrogens with zero attached hydrogens (tertiary/aromatic N) is 1. The van der Waals surface area contributed by atoms with Gasteiger partial charge in [-0.1, -0.05) is 48.5 Å². The fourth-order valence-corrected chi connectivity index (χ4v) is 6.10. The lowest BCUT2D eigenvalue weighted by atomic mass is 10.1. The number of anilines is 1. The molecule has 0 saturated heterocycles. The van der Waals surface area contributed by atoms with Gasteiger partial charge in [-0.3, -0.25) is 9.59 Å². The van der Waals surface area contributed by atoms with Gasteiger partial charge in [0.05, 0.1) is 15.8 Å². The van der Waals surface area contributed by atoms with Gasteiger partial charge in [-0.25, -0.2) is 8.42 Å².